The molecule has 2 rings (SSSR count). The van der Waals surface area contributed by atoms with E-state index in [4.69, 9.17) is 27.9 Å². The van der Waals surface area contributed by atoms with Gasteiger partial charge in [0.1, 0.15) is 22.5 Å². The predicted molar refractivity (Wildman–Crippen MR) is 75.8 cm³/mol. The third-order valence-corrected chi connectivity index (χ3v) is 2.95. The highest BCUT2D eigenvalue weighted by atomic mass is 35.5. The summed E-state index contributed by atoms with van der Waals surface area (Å²) in [7, 11) is 0. The van der Waals surface area contributed by atoms with Gasteiger partial charge in [0, 0.05) is 0 Å². The largest absolute Gasteiger partial charge is 0.456 e. The van der Waals surface area contributed by atoms with E-state index in [0.29, 0.717) is 21.9 Å². The van der Waals surface area contributed by atoms with E-state index in [9.17, 15) is 4.79 Å². The molecule has 1 heterocycles. The third kappa shape index (κ3) is 3.01. The van der Waals surface area contributed by atoms with E-state index < -0.39 is 11.6 Å². The first kappa shape index (κ1) is 14.2. The van der Waals surface area contributed by atoms with Gasteiger partial charge in [-0.1, -0.05) is 11.6 Å². The van der Waals surface area contributed by atoms with E-state index in [1.807, 2.05) is 0 Å². The fourth-order valence-electron chi connectivity index (χ4n) is 1.69. The molecule has 0 amide bonds. The highest BCUT2D eigenvalue weighted by Gasteiger charge is 2.23. The van der Waals surface area contributed by atoms with Crippen molar-refractivity contribution in [2.45, 2.75) is 32.3 Å². The molecule has 0 saturated carbocycles. The average molecular weight is 301 g/mol. The van der Waals surface area contributed by atoms with Crippen molar-refractivity contribution in [3.05, 3.63) is 28.5 Å². The molecule has 102 valence electrons. The Hall–Kier alpha value is -1.26. The zero-order valence-corrected chi connectivity index (χ0v) is 12.4. The summed E-state index contributed by atoms with van der Waals surface area (Å²) in [6.45, 7) is 5.40. The van der Waals surface area contributed by atoms with Gasteiger partial charge in [-0.05, 0) is 32.9 Å². The summed E-state index contributed by atoms with van der Waals surface area (Å²) in [5, 5.41) is 0.314. The number of hydrogen-bond acceptors (Lipinski definition) is 3. The first-order valence-corrected chi connectivity index (χ1v) is 6.69. The Bertz CT molecular complexity index is 629. The average Bonchev–Trinajstić information content (AvgIpc) is 2.68. The molecular formula is C13H14Cl2N2O2. The number of alkyl halides is 1. The van der Waals surface area contributed by atoms with Gasteiger partial charge in [0.25, 0.3) is 0 Å². The highest BCUT2D eigenvalue weighted by Crippen LogP contribution is 2.27. The molecule has 0 aliphatic carbocycles. The van der Waals surface area contributed by atoms with Gasteiger partial charge in [0.05, 0.1) is 16.4 Å². The molecule has 0 saturated heterocycles. The molecule has 0 aliphatic heterocycles. The van der Waals surface area contributed by atoms with Crippen molar-refractivity contribution in [3.8, 4) is 0 Å². The van der Waals surface area contributed by atoms with Gasteiger partial charge < -0.3 is 9.72 Å². The number of carbonyl (C=O) groups excluding carboxylic acids is 1. The molecule has 2 aromatic rings. The van der Waals surface area contributed by atoms with Crippen LogP contribution in [0.4, 0.5) is 0 Å². The number of aromatic nitrogens is 2. The monoisotopic (exact) mass is 300 g/mol. The Labute approximate surface area is 121 Å². The standard InChI is InChI=1S/C13H14Cl2N2O2/c1-13(2,3)19-12(18)10-7(15)4-5-8-11(10)17-9(6-14)16-8/h4-5H,6H2,1-3H3,(H,16,17). The number of imidazole rings is 1. The third-order valence-electron chi connectivity index (χ3n) is 2.38. The number of hydrogen-bond donors (Lipinski definition) is 1. The first-order chi connectivity index (χ1) is 8.81. The second kappa shape index (κ2) is 5.02. The number of benzene rings is 1. The number of nitrogens with one attached hydrogen (secondary N) is 1. The van der Waals surface area contributed by atoms with Gasteiger partial charge in [-0.2, -0.15) is 0 Å². The number of esters is 1. The van der Waals surface area contributed by atoms with Crippen LogP contribution in [0.5, 0.6) is 0 Å². The summed E-state index contributed by atoms with van der Waals surface area (Å²) in [6, 6.07) is 3.40. The van der Waals surface area contributed by atoms with Crippen LogP contribution in [0.1, 0.15) is 37.0 Å². The lowest BCUT2D eigenvalue weighted by Crippen LogP contribution is -2.24. The Kier molecular flexibility index (Phi) is 3.74. The SMILES string of the molecule is CC(C)(C)OC(=O)c1c(Cl)ccc2[nH]c(CCl)nc12. The van der Waals surface area contributed by atoms with Gasteiger partial charge in [0.2, 0.25) is 0 Å². The van der Waals surface area contributed by atoms with E-state index in [1.165, 1.54) is 0 Å². The molecule has 1 N–H and O–H groups in total. The smallest absolute Gasteiger partial charge is 0.342 e. The summed E-state index contributed by atoms with van der Waals surface area (Å²) in [5.41, 5.74) is 0.869. The molecule has 1 aromatic carbocycles. The molecule has 0 fully saturated rings. The van der Waals surface area contributed by atoms with E-state index in [0.717, 1.165) is 0 Å². The van der Waals surface area contributed by atoms with Crippen molar-refractivity contribution >= 4 is 40.2 Å². The number of aromatic amines is 1. The molecule has 0 aliphatic rings. The normalized spacial score (nSPS) is 11.8. The fraction of sp³-hybridized carbons (Fsp3) is 0.385. The maximum absolute atomic E-state index is 12.2. The molecule has 0 atom stereocenters. The van der Waals surface area contributed by atoms with Crippen LogP contribution in [0.2, 0.25) is 5.02 Å². The lowest BCUT2D eigenvalue weighted by atomic mass is 10.1. The quantitative estimate of drug-likeness (QED) is 0.676. The van der Waals surface area contributed by atoms with Gasteiger partial charge in [0.15, 0.2) is 0 Å². The van der Waals surface area contributed by atoms with Crippen LogP contribution in [0.15, 0.2) is 12.1 Å². The predicted octanol–water partition coefficient (Wildman–Crippen LogP) is 3.91. The number of rotatable bonds is 2. The summed E-state index contributed by atoms with van der Waals surface area (Å²) in [6.07, 6.45) is 0. The Balaban J connectivity index is 2.54. The van der Waals surface area contributed by atoms with Crippen LogP contribution >= 0.6 is 23.2 Å². The molecule has 4 nitrogen and oxygen atoms in total. The number of ether oxygens (including phenoxy) is 1. The van der Waals surface area contributed by atoms with Gasteiger partial charge in [-0.15, -0.1) is 11.6 Å². The van der Waals surface area contributed by atoms with Gasteiger partial charge in [-0.3, -0.25) is 0 Å². The minimum atomic E-state index is -0.589. The number of fused-ring (bicyclic) bond motifs is 1. The topological polar surface area (TPSA) is 55.0 Å². The van der Waals surface area contributed by atoms with Crippen LogP contribution in [0.3, 0.4) is 0 Å². The van der Waals surface area contributed by atoms with Gasteiger partial charge in [-0.25, -0.2) is 9.78 Å². The van der Waals surface area contributed by atoms with Crippen LogP contribution in [-0.4, -0.2) is 21.5 Å². The molecule has 1 aromatic heterocycles. The van der Waals surface area contributed by atoms with Crippen molar-refractivity contribution in [1.82, 2.24) is 9.97 Å². The van der Waals surface area contributed by atoms with Crippen molar-refractivity contribution in [2.75, 3.05) is 0 Å². The van der Waals surface area contributed by atoms with Gasteiger partial charge >= 0.3 is 5.97 Å². The minimum Gasteiger partial charge on any atom is -0.456 e. The Morgan fingerprint density at radius 1 is 1.42 bits per heavy atom. The number of H-pyrrole nitrogens is 1. The highest BCUT2D eigenvalue weighted by molar-refractivity contribution is 6.35. The second-order valence-electron chi connectivity index (χ2n) is 5.14. The molecular weight excluding hydrogens is 287 g/mol. The van der Waals surface area contributed by atoms with Crippen LogP contribution in [0.25, 0.3) is 11.0 Å². The van der Waals surface area contributed by atoms with Crippen molar-refractivity contribution in [3.63, 3.8) is 0 Å². The summed E-state index contributed by atoms with van der Waals surface area (Å²) < 4.78 is 5.35. The summed E-state index contributed by atoms with van der Waals surface area (Å²) in [4.78, 5) is 19.5. The zero-order chi connectivity index (χ0) is 14.2. The number of carbonyl (C=O) groups is 1. The number of nitrogens with zero attached hydrogens (tertiary/aromatic N) is 1. The van der Waals surface area contributed by atoms with Crippen LogP contribution < -0.4 is 0 Å². The lowest BCUT2D eigenvalue weighted by molar-refractivity contribution is 0.00719. The summed E-state index contributed by atoms with van der Waals surface area (Å²) >= 11 is 11.8. The second-order valence-corrected chi connectivity index (χ2v) is 5.81. The molecule has 0 bridgehead atoms. The van der Waals surface area contributed by atoms with Crippen LogP contribution in [-0.2, 0) is 10.6 Å². The van der Waals surface area contributed by atoms with E-state index in [2.05, 4.69) is 9.97 Å². The maximum Gasteiger partial charge on any atom is 0.342 e. The van der Waals surface area contributed by atoms with Crippen molar-refractivity contribution in [1.29, 1.82) is 0 Å². The first-order valence-electron chi connectivity index (χ1n) is 5.78. The van der Waals surface area contributed by atoms with Crippen LogP contribution in [0, 0.1) is 0 Å². The van der Waals surface area contributed by atoms with E-state index in [-0.39, 0.29) is 11.4 Å². The van der Waals surface area contributed by atoms with Crippen molar-refractivity contribution in [2.24, 2.45) is 0 Å². The number of halogens is 2. The van der Waals surface area contributed by atoms with E-state index in [1.54, 1.807) is 32.9 Å². The maximum atomic E-state index is 12.2. The molecule has 19 heavy (non-hydrogen) atoms. The minimum absolute atomic E-state index is 0.236. The zero-order valence-electron chi connectivity index (χ0n) is 10.9. The molecule has 0 spiro atoms. The Morgan fingerprint density at radius 3 is 2.68 bits per heavy atom. The van der Waals surface area contributed by atoms with Crippen molar-refractivity contribution < 1.29 is 9.53 Å². The molecule has 0 radical (unpaired) electrons. The molecule has 0 unspecified atom stereocenters. The fourth-order valence-corrected chi connectivity index (χ4v) is 2.04. The molecule has 6 heteroatoms. The van der Waals surface area contributed by atoms with E-state index >= 15 is 0 Å². The Morgan fingerprint density at radius 2 is 2.11 bits per heavy atom. The summed E-state index contributed by atoms with van der Waals surface area (Å²) in [5.74, 6) is 0.333. The lowest BCUT2D eigenvalue weighted by Gasteiger charge is -2.19.